The Morgan fingerprint density at radius 3 is 2.46 bits per heavy atom. The molecule has 7 nitrogen and oxygen atoms in total. The molecule has 0 aliphatic carbocycles. The van der Waals surface area contributed by atoms with Crippen LogP contribution in [0.4, 0.5) is 5.69 Å². The quantitative estimate of drug-likeness (QED) is 0.498. The van der Waals surface area contributed by atoms with Gasteiger partial charge < -0.3 is 0 Å². The summed E-state index contributed by atoms with van der Waals surface area (Å²) in [4.78, 5) is 14.4. The molecule has 1 N–H and O–H groups in total. The number of benzene rings is 1. The van der Waals surface area contributed by atoms with E-state index in [1.54, 1.807) is 25.2 Å². The highest BCUT2D eigenvalue weighted by atomic mass is 32.2. The monoisotopic (exact) mass is 367 g/mol. The van der Waals surface area contributed by atoms with Gasteiger partial charge in [0, 0.05) is 26.9 Å². The van der Waals surface area contributed by atoms with Crippen LogP contribution in [-0.2, 0) is 10.0 Å². The molecule has 0 fully saturated rings. The summed E-state index contributed by atoms with van der Waals surface area (Å²) >= 11 is 1.60. The molecule has 0 amide bonds. The molecule has 2 aromatic rings. The number of nitrogens with zero attached hydrogens (tertiary/aromatic N) is 2. The van der Waals surface area contributed by atoms with Crippen molar-refractivity contribution < 1.29 is 13.3 Å². The van der Waals surface area contributed by atoms with Gasteiger partial charge in [0.1, 0.15) is 0 Å². The highest BCUT2D eigenvalue weighted by Crippen LogP contribution is 2.23. The highest BCUT2D eigenvalue weighted by molar-refractivity contribution is 7.89. The van der Waals surface area contributed by atoms with E-state index in [1.807, 2.05) is 19.9 Å². The largest absolute Gasteiger partial charge is 0.276 e. The van der Waals surface area contributed by atoms with Crippen molar-refractivity contribution in [2.45, 2.75) is 32.6 Å². The lowest BCUT2D eigenvalue weighted by atomic mass is 10.2. The standard InChI is InChI=1S/C15H17N3O4S2/c1-9-5-6-13(8-15(9)18(19)20)24(21,22)17-16-11(3)14-7-10(2)23-12(14)4/h5-8,17H,1-4H3/b16-11-. The lowest BCUT2D eigenvalue weighted by molar-refractivity contribution is -0.385. The number of thiophene rings is 1. The van der Waals surface area contributed by atoms with Crippen molar-refractivity contribution in [3.8, 4) is 0 Å². The zero-order chi connectivity index (χ0) is 18.1. The Kier molecular flexibility index (Phi) is 5.05. The molecule has 0 bridgehead atoms. The van der Waals surface area contributed by atoms with Crippen molar-refractivity contribution in [1.82, 2.24) is 4.83 Å². The maximum atomic E-state index is 12.3. The molecule has 0 aliphatic rings. The third-order valence-electron chi connectivity index (χ3n) is 3.45. The molecule has 0 atom stereocenters. The van der Waals surface area contributed by atoms with Crippen LogP contribution in [0, 0.1) is 30.9 Å². The first-order valence-electron chi connectivity index (χ1n) is 7.00. The maximum Gasteiger partial charge on any atom is 0.276 e. The molecule has 1 aromatic carbocycles. The van der Waals surface area contributed by atoms with E-state index in [2.05, 4.69) is 9.93 Å². The summed E-state index contributed by atoms with van der Waals surface area (Å²) in [7, 11) is -3.98. The zero-order valence-corrected chi connectivity index (χ0v) is 15.3. The Morgan fingerprint density at radius 2 is 1.92 bits per heavy atom. The molecule has 0 saturated carbocycles. The second-order valence-corrected chi connectivity index (χ2v) is 8.45. The van der Waals surface area contributed by atoms with E-state index >= 15 is 0 Å². The molecule has 128 valence electrons. The maximum absolute atomic E-state index is 12.3. The number of hydrazone groups is 1. The van der Waals surface area contributed by atoms with E-state index in [0.717, 1.165) is 21.4 Å². The molecule has 1 aromatic heterocycles. The first-order chi connectivity index (χ1) is 11.1. The summed E-state index contributed by atoms with van der Waals surface area (Å²) in [6, 6.07) is 5.68. The minimum Gasteiger partial charge on any atom is -0.258 e. The van der Waals surface area contributed by atoms with Crippen molar-refractivity contribution >= 4 is 32.8 Å². The van der Waals surface area contributed by atoms with Crippen molar-refractivity contribution in [2.24, 2.45) is 5.10 Å². The summed E-state index contributed by atoms with van der Waals surface area (Å²) in [5.74, 6) is 0. The first-order valence-corrected chi connectivity index (χ1v) is 9.30. The number of nitrogens with one attached hydrogen (secondary N) is 1. The molecular weight excluding hydrogens is 350 g/mol. The first kappa shape index (κ1) is 18.1. The predicted octanol–water partition coefficient (Wildman–Crippen LogP) is 3.28. The predicted molar refractivity (Wildman–Crippen MR) is 94.2 cm³/mol. The van der Waals surface area contributed by atoms with Crippen molar-refractivity contribution in [2.75, 3.05) is 0 Å². The van der Waals surface area contributed by atoms with Gasteiger partial charge in [0.25, 0.3) is 15.7 Å². The number of sulfonamides is 1. The Labute approximate surface area is 144 Å². The SMILES string of the molecule is C/C(=N/NS(=O)(=O)c1ccc(C)c([N+](=O)[O-])c1)c1cc(C)sc1C. The fourth-order valence-electron chi connectivity index (χ4n) is 2.18. The number of nitro benzene ring substituents is 1. The number of rotatable bonds is 5. The molecule has 9 heteroatoms. The normalized spacial score (nSPS) is 12.2. The van der Waals surface area contributed by atoms with Crippen LogP contribution in [0.1, 0.15) is 27.8 Å². The minimum atomic E-state index is -3.98. The second-order valence-electron chi connectivity index (χ2n) is 5.32. The number of hydrogen-bond donors (Lipinski definition) is 1. The van der Waals surface area contributed by atoms with E-state index in [-0.39, 0.29) is 10.6 Å². The van der Waals surface area contributed by atoms with Gasteiger partial charge in [-0.25, -0.2) is 0 Å². The topological polar surface area (TPSA) is 102 Å². The van der Waals surface area contributed by atoms with E-state index in [4.69, 9.17) is 0 Å². The number of nitro groups is 1. The van der Waals surface area contributed by atoms with Gasteiger partial charge in [-0.05, 0) is 39.8 Å². The van der Waals surface area contributed by atoms with E-state index in [0.29, 0.717) is 11.3 Å². The minimum absolute atomic E-state index is 0.199. The molecule has 0 radical (unpaired) electrons. The van der Waals surface area contributed by atoms with Crippen LogP contribution in [0.3, 0.4) is 0 Å². The van der Waals surface area contributed by atoms with E-state index in [9.17, 15) is 18.5 Å². The average molecular weight is 367 g/mol. The zero-order valence-electron chi connectivity index (χ0n) is 13.7. The lowest BCUT2D eigenvalue weighted by Gasteiger charge is -2.06. The molecule has 2 rings (SSSR count). The van der Waals surface area contributed by atoms with Crippen LogP contribution in [0.2, 0.25) is 0 Å². The van der Waals surface area contributed by atoms with Gasteiger partial charge in [0.05, 0.1) is 15.5 Å². The molecule has 0 aliphatic heterocycles. The molecule has 24 heavy (non-hydrogen) atoms. The van der Waals surface area contributed by atoms with Gasteiger partial charge in [0.15, 0.2) is 0 Å². The smallest absolute Gasteiger partial charge is 0.258 e. The third kappa shape index (κ3) is 3.80. The van der Waals surface area contributed by atoms with Crippen LogP contribution in [0.5, 0.6) is 0 Å². The summed E-state index contributed by atoms with van der Waals surface area (Å²) in [6.45, 7) is 7.15. The lowest BCUT2D eigenvalue weighted by Crippen LogP contribution is -2.20. The Hall–Kier alpha value is -2.26. The second kappa shape index (κ2) is 6.70. The summed E-state index contributed by atoms with van der Waals surface area (Å²) in [6.07, 6.45) is 0. The Bertz CT molecular complexity index is 930. The van der Waals surface area contributed by atoms with Gasteiger partial charge in [-0.3, -0.25) is 10.1 Å². The van der Waals surface area contributed by atoms with Crippen molar-refractivity contribution in [1.29, 1.82) is 0 Å². The van der Waals surface area contributed by atoms with Crippen LogP contribution in [0.15, 0.2) is 34.3 Å². The fraction of sp³-hybridized carbons (Fsp3) is 0.267. The summed E-state index contributed by atoms with van der Waals surface area (Å²) < 4.78 is 24.6. The van der Waals surface area contributed by atoms with Gasteiger partial charge in [-0.1, -0.05) is 6.07 Å². The summed E-state index contributed by atoms with van der Waals surface area (Å²) in [5, 5.41) is 14.9. The molecular formula is C15H17N3O4S2. The van der Waals surface area contributed by atoms with Gasteiger partial charge in [-0.2, -0.15) is 18.4 Å². The van der Waals surface area contributed by atoms with Crippen molar-refractivity contribution in [3.05, 3.63) is 55.3 Å². The average Bonchev–Trinajstić information content (AvgIpc) is 2.83. The van der Waals surface area contributed by atoms with Crippen LogP contribution < -0.4 is 4.83 Å². The van der Waals surface area contributed by atoms with Crippen LogP contribution >= 0.6 is 11.3 Å². The van der Waals surface area contributed by atoms with Crippen LogP contribution in [0.25, 0.3) is 0 Å². The van der Waals surface area contributed by atoms with E-state index < -0.39 is 14.9 Å². The highest BCUT2D eigenvalue weighted by Gasteiger charge is 2.19. The molecule has 0 saturated heterocycles. The van der Waals surface area contributed by atoms with Crippen molar-refractivity contribution in [3.63, 3.8) is 0 Å². The Morgan fingerprint density at radius 1 is 1.25 bits per heavy atom. The molecule has 0 spiro atoms. The van der Waals surface area contributed by atoms with Gasteiger partial charge in [0.2, 0.25) is 0 Å². The van der Waals surface area contributed by atoms with Gasteiger partial charge >= 0.3 is 0 Å². The third-order valence-corrected chi connectivity index (χ3v) is 5.62. The van der Waals surface area contributed by atoms with Crippen LogP contribution in [-0.4, -0.2) is 19.1 Å². The van der Waals surface area contributed by atoms with E-state index in [1.165, 1.54) is 12.1 Å². The molecule has 0 unspecified atom stereocenters. The Balaban J connectivity index is 2.32. The fourth-order valence-corrected chi connectivity index (χ4v) is 4.04. The molecule has 1 heterocycles. The summed E-state index contributed by atoms with van der Waals surface area (Å²) in [5.41, 5.74) is 1.54. The number of hydrogen-bond acceptors (Lipinski definition) is 6. The van der Waals surface area contributed by atoms with Gasteiger partial charge in [-0.15, -0.1) is 11.3 Å². The number of aryl methyl sites for hydroxylation is 3.